The van der Waals surface area contributed by atoms with Crippen molar-refractivity contribution in [2.45, 2.75) is 58.1 Å². The molecule has 0 spiro atoms. The van der Waals surface area contributed by atoms with Gasteiger partial charge in [0.25, 0.3) is 0 Å². The second-order valence-electron chi connectivity index (χ2n) is 7.48. The van der Waals surface area contributed by atoms with E-state index < -0.39 is 0 Å². The number of nitrogens with zero attached hydrogens (tertiary/aromatic N) is 3. The molecule has 1 N–H and O–H groups in total. The number of carbonyl (C=O) groups is 1. The molecule has 0 aromatic carbocycles. The fourth-order valence-corrected chi connectivity index (χ4v) is 3.88. The lowest BCUT2D eigenvalue weighted by molar-refractivity contribution is -0.146. The number of guanidine groups is 1. The van der Waals surface area contributed by atoms with Crippen LogP contribution in [0.15, 0.2) is 23.3 Å². The summed E-state index contributed by atoms with van der Waals surface area (Å²) in [6.45, 7) is 5.05. The second-order valence-corrected chi connectivity index (χ2v) is 7.48. The minimum absolute atomic E-state index is 0.000353. The van der Waals surface area contributed by atoms with E-state index in [-0.39, 0.29) is 11.9 Å². The number of aliphatic imine (C=N–C) groups is 1. The molecule has 2 heterocycles. The maximum Gasteiger partial charge on any atom is 0.308 e. The summed E-state index contributed by atoms with van der Waals surface area (Å²) in [7, 11) is 1.46. The van der Waals surface area contributed by atoms with Gasteiger partial charge in [0.15, 0.2) is 5.96 Å². The highest BCUT2D eigenvalue weighted by Gasteiger charge is 2.27. The van der Waals surface area contributed by atoms with Crippen LogP contribution in [0.2, 0.25) is 0 Å². The van der Waals surface area contributed by atoms with Crippen LogP contribution in [0, 0.1) is 5.92 Å². The van der Waals surface area contributed by atoms with Gasteiger partial charge in [0.1, 0.15) is 6.10 Å². The number of hydrogen-bond donors (Lipinski definition) is 1. The summed E-state index contributed by atoms with van der Waals surface area (Å²) in [4.78, 5) is 23.1. The number of methoxy groups -OCH3 is 1. The van der Waals surface area contributed by atoms with E-state index in [2.05, 4.69) is 22.1 Å². The van der Waals surface area contributed by atoms with Crippen molar-refractivity contribution in [3.8, 4) is 5.88 Å². The van der Waals surface area contributed by atoms with E-state index in [4.69, 9.17) is 14.5 Å². The quantitative estimate of drug-likeness (QED) is 0.459. The molecule has 1 saturated heterocycles. The van der Waals surface area contributed by atoms with E-state index in [1.54, 1.807) is 6.20 Å². The Balaban J connectivity index is 1.59. The number of hydrogen-bond acceptors (Lipinski definition) is 5. The number of aromatic nitrogens is 1. The van der Waals surface area contributed by atoms with Crippen molar-refractivity contribution in [3.05, 3.63) is 23.9 Å². The van der Waals surface area contributed by atoms with Gasteiger partial charge >= 0.3 is 5.97 Å². The highest BCUT2D eigenvalue weighted by atomic mass is 16.5. The van der Waals surface area contributed by atoms with E-state index in [0.717, 1.165) is 56.8 Å². The highest BCUT2D eigenvalue weighted by molar-refractivity contribution is 5.80. The fourth-order valence-electron chi connectivity index (χ4n) is 3.88. The first-order chi connectivity index (χ1) is 13.7. The summed E-state index contributed by atoms with van der Waals surface area (Å²) in [6, 6.07) is 3.98. The first-order valence-electron chi connectivity index (χ1n) is 10.4. The molecule has 0 atom stereocenters. The van der Waals surface area contributed by atoms with E-state index in [1.165, 1.54) is 20.0 Å². The molecule has 2 fully saturated rings. The van der Waals surface area contributed by atoms with Crippen molar-refractivity contribution in [2.75, 3.05) is 26.7 Å². The van der Waals surface area contributed by atoms with Gasteiger partial charge in [-0.1, -0.05) is 0 Å². The molecule has 1 aromatic rings. The topological polar surface area (TPSA) is 76.1 Å². The largest absolute Gasteiger partial charge is 0.474 e. The van der Waals surface area contributed by atoms with Crippen LogP contribution >= 0.6 is 0 Å². The Morgan fingerprint density at radius 3 is 2.71 bits per heavy atom. The summed E-state index contributed by atoms with van der Waals surface area (Å²) in [5.74, 6) is 1.48. The van der Waals surface area contributed by atoms with E-state index >= 15 is 0 Å². The molecule has 2 aliphatic rings. The number of likely N-dealkylation sites (tertiary alicyclic amines) is 1. The van der Waals surface area contributed by atoms with Gasteiger partial charge in [0.2, 0.25) is 5.88 Å². The number of ether oxygens (including phenoxy) is 2. The first kappa shape index (κ1) is 20.4. The lowest BCUT2D eigenvalue weighted by Gasteiger charge is -2.33. The average Bonchev–Trinajstić information content (AvgIpc) is 3.24. The predicted molar refractivity (Wildman–Crippen MR) is 108 cm³/mol. The van der Waals surface area contributed by atoms with Crippen molar-refractivity contribution in [1.29, 1.82) is 0 Å². The third-order valence-corrected chi connectivity index (χ3v) is 5.46. The molecule has 0 radical (unpaired) electrons. The summed E-state index contributed by atoms with van der Waals surface area (Å²) >= 11 is 0. The zero-order chi connectivity index (χ0) is 19.8. The van der Waals surface area contributed by atoms with Gasteiger partial charge in [-0.05, 0) is 57.1 Å². The van der Waals surface area contributed by atoms with Gasteiger partial charge in [0.05, 0.1) is 19.6 Å². The average molecular weight is 389 g/mol. The Bertz CT molecular complexity index is 665. The normalized spacial score (nSPS) is 18.9. The lowest BCUT2D eigenvalue weighted by atomic mass is 9.97. The summed E-state index contributed by atoms with van der Waals surface area (Å²) < 4.78 is 10.9. The Labute approximate surface area is 167 Å². The number of nitrogens with one attached hydrogen (secondary N) is 1. The van der Waals surface area contributed by atoms with Gasteiger partial charge in [-0.15, -0.1) is 0 Å². The Morgan fingerprint density at radius 1 is 1.29 bits per heavy atom. The van der Waals surface area contributed by atoms with Crippen LogP contribution in [-0.2, 0) is 16.1 Å². The van der Waals surface area contributed by atoms with Gasteiger partial charge in [-0.3, -0.25) is 4.79 Å². The molecule has 1 saturated carbocycles. The van der Waals surface area contributed by atoms with Crippen LogP contribution in [-0.4, -0.2) is 54.7 Å². The van der Waals surface area contributed by atoms with Crippen molar-refractivity contribution < 1.29 is 14.3 Å². The Hall–Kier alpha value is -2.31. The summed E-state index contributed by atoms with van der Waals surface area (Å²) in [5.41, 5.74) is 1.09. The number of esters is 1. The summed E-state index contributed by atoms with van der Waals surface area (Å²) in [6.07, 6.45) is 8.42. The molecule has 0 amide bonds. The zero-order valence-corrected chi connectivity index (χ0v) is 17.0. The monoisotopic (exact) mass is 388 g/mol. The smallest absolute Gasteiger partial charge is 0.308 e. The fraction of sp³-hybridized carbons (Fsp3) is 0.667. The molecule has 0 bridgehead atoms. The van der Waals surface area contributed by atoms with Crippen LogP contribution in [0.1, 0.15) is 51.0 Å². The third kappa shape index (κ3) is 5.59. The highest BCUT2D eigenvalue weighted by Crippen LogP contribution is 2.23. The Morgan fingerprint density at radius 2 is 2.04 bits per heavy atom. The number of carbonyl (C=O) groups excluding carboxylic acids is 1. The molecule has 1 aliphatic heterocycles. The third-order valence-electron chi connectivity index (χ3n) is 5.46. The summed E-state index contributed by atoms with van der Waals surface area (Å²) in [5, 5.41) is 3.37. The molecule has 154 valence electrons. The maximum atomic E-state index is 11.7. The number of rotatable bonds is 6. The molecule has 1 aliphatic carbocycles. The molecular weight excluding hydrogens is 356 g/mol. The predicted octanol–water partition coefficient (Wildman–Crippen LogP) is 2.75. The van der Waals surface area contributed by atoms with Crippen molar-refractivity contribution in [1.82, 2.24) is 15.2 Å². The molecule has 7 nitrogen and oxygen atoms in total. The van der Waals surface area contributed by atoms with Gasteiger partial charge in [-0.25, -0.2) is 9.98 Å². The molecular formula is C21H32N4O3. The zero-order valence-electron chi connectivity index (χ0n) is 17.0. The van der Waals surface area contributed by atoms with Crippen molar-refractivity contribution in [3.63, 3.8) is 0 Å². The molecule has 28 heavy (non-hydrogen) atoms. The van der Waals surface area contributed by atoms with Crippen LogP contribution in [0.4, 0.5) is 0 Å². The minimum Gasteiger partial charge on any atom is -0.474 e. The van der Waals surface area contributed by atoms with Crippen molar-refractivity contribution >= 4 is 11.9 Å². The molecule has 0 unspecified atom stereocenters. The first-order valence-corrected chi connectivity index (χ1v) is 10.4. The van der Waals surface area contributed by atoms with Gasteiger partial charge in [-0.2, -0.15) is 0 Å². The number of pyridine rings is 1. The number of piperidine rings is 1. The van der Waals surface area contributed by atoms with Gasteiger partial charge < -0.3 is 19.7 Å². The van der Waals surface area contributed by atoms with Crippen LogP contribution in [0.25, 0.3) is 0 Å². The SMILES string of the molecule is CCNC(=NCc1ccnc(OC2CCCC2)c1)N1CCC(C(=O)OC)CC1. The standard InChI is InChI=1S/C21H32N4O3/c1-3-22-21(25-12-9-17(10-13-25)20(26)27-2)24-15-16-8-11-23-19(14-16)28-18-6-4-5-7-18/h8,11,14,17-18H,3-7,9-10,12-13,15H2,1-2H3,(H,22,24). The van der Waals surface area contributed by atoms with Crippen LogP contribution in [0.5, 0.6) is 5.88 Å². The van der Waals surface area contributed by atoms with Crippen LogP contribution in [0.3, 0.4) is 0 Å². The van der Waals surface area contributed by atoms with E-state index in [9.17, 15) is 4.79 Å². The molecule has 7 heteroatoms. The minimum atomic E-state index is -0.104. The van der Waals surface area contributed by atoms with Gasteiger partial charge in [0, 0.05) is 31.9 Å². The van der Waals surface area contributed by atoms with Crippen LogP contribution < -0.4 is 10.1 Å². The van der Waals surface area contributed by atoms with E-state index in [1.807, 2.05) is 12.1 Å². The lowest BCUT2D eigenvalue weighted by Crippen LogP contribution is -2.46. The van der Waals surface area contributed by atoms with E-state index in [0.29, 0.717) is 18.5 Å². The Kier molecular flexibility index (Phi) is 7.51. The maximum absolute atomic E-state index is 11.7. The second kappa shape index (κ2) is 10.3. The van der Waals surface area contributed by atoms with Crippen molar-refractivity contribution in [2.24, 2.45) is 10.9 Å². The molecule has 1 aromatic heterocycles. The molecule has 3 rings (SSSR count).